The van der Waals surface area contributed by atoms with E-state index in [2.05, 4.69) is 9.97 Å². The summed E-state index contributed by atoms with van der Waals surface area (Å²) in [5.41, 5.74) is 2.16. The third-order valence-corrected chi connectivity index (χ3v) is 4.41. The minimum absolute atomic E-state index is 0.0309. The third-order valence-electron chi connectivity index (χ3n) is 3.13. The van der Waals surface area contributed by atoms with Gasteiger partial charge in [-0.2, -0.15) is 0 Å². The van der Waals surface area contributed by atoms with Crippen molar-refractivity contribution in [3.8, 4) is 0 Å². The van der Waals surface area contributed by atoms with E-state index in [-0.39, 0.29) is 5.91 Å². The predicted molar refractivity (Wildman–Crippen MR) is 69.9 cm³/mol. The van der Waals surface area contributed by atoms with E-state index in [1.807, 2.05) is 12.1 Å². The smallest absolute Gasteiger partial charge is 0.257 e. The van der Waals surface area contributed by atoms with Crippen LogP contribution in [0.15, 0.2) is 24.5 Å². The van der Waals surface area contributed by atoms with Crippen molar-refractivity contribution in [3.63, 3.8) is 0 Å². The number of hydrogen-bond donors (Lipinski definition) is 1. The molecular weight excluding hydrogens is 250 g/mol. The molecule has 1 amide bonds. The average Bonchev–Trinajstić information content (AvgIpc) is 2.82. The average molecular weight is 263 g/mol. The molecule has 0 saturated carbocycles. The van der Waals surface area contributed by atoms with E-state index in [0.717, 1.165) is 5.52 Å². The molecule has 1 aliphatic rings. The van der Waals surface area contributed by atoms with E-state index in [9.17, 15) is 9.00 Å². The third kappa shape index (κ3) is 1.92. The first-order chi connectivity index (χ1) is 8.75. The van der Waals surface area contributed by atoms with Crippen LogP contribution in [0.3, 0.4) is 0 Å². The van der Waals surface area contributed by atoms with Gasteiger partial charge in [0.1, 0.15) is 5.52 Å². The summed E-state index contributed by atoms with van der Waals surface area (Å²) in [6.45, 7) is 1.12. The first-order valence-corrected chi connectivity index (χ1v) is 7.31. The number of amides is 1. The number of hydrogen-bond acceptors (Lipinski definition) is 3. The minimum atomic E-state index is -0.769. The van der Waals surface area contributed by atoms with E-state index in [4.69, 9.17) is 0 Å². The summed E-state index contributed by atoms with van der Waals surface area (Å²) in [4.78, 5) is 21.4. The molecule has 0 atom stereocenters. The fourth-order valence-corrected chi connectivity index (χ4v) is 3.18. The summed E-state index contributed by atoms with van der Waals surface area (Å²) < 4.78 is 11.3. The largest absolute Gasteiger partial charge is 0.359 e. The number of aromatic amines is 1. The number of carbonyl (C=O) groups excluding carboxylic acids is 1. The van der Waals surface area contributed by atoms with Crippen LogP contribution in [-0.4, -0.2) is 49.6 Å². The van der Waals surface area contributed by atoms with Crippen LogP contribution in [0.5, 0.6) is 0 Å². The van der Waals surface area contributed by atoms with E-state index in [1.165, 1.54) is 0 Å². The lowest BCUT2D eigenvalue weighted by Gasteiger charge is -2.25. The number of aromatic nitrogens is 2. The lowest BCUT2D eigenvalue weighted by molar-refractivity contribution is 0.0773. The fourth-order valence-electron chi connectivity index (χ4n) is 2.13. The Balaban J connectivity index is 1.90. The molecule has 6 heteroatoms. The maximum atomic E-state index is 12.3. The van der Waals surface area contributed by atoms with Crippen LogP contribution in [0.25, 0.3) is 11.0 Å². The van der Waals surface area contributed by atoms with E-state index >= 15 is 0 Å². The van der Waals surface area contributed by atoms with Gasteiger partial charge in [0.15, 0.2) is 0 Å². The Morgan fingerprint density at radius 3 is 2.94 bits per heavy atom. The van der Waals surface area contributed by atoms with Crippen molar-refractivity contribution in [2.75, 3.05) is 24.6 Å². The van der Waals surface area contributed by atoms with Gasteiger partial charge in [-0.05, 0) is 12.1 Å². The molecule has 1 N–H and O–H groups in total. The van der Waals surface area contributed by atoms with Crippen LogP contribution in [0.2, 0.25) is 0 Å². The van der Waals surface area contributed by atoms with Crippen molar-refractivity contribution < 1.29 is 9.00 Å². The van der Waals surface area contributed by atoms with Crippen LogP contribution in [0, 0.1) is 0 Å². The van der Waals surface area contributed by atoms with Crippen LogP contribution >= 0.6 is 0 Å². The number of pyridine rings is 1. The topological polar surface area (TPSA) is 66.1 Å². The van der Waals surface area contributed by atoms with Crippen molar-refractivity contribution >= 4 is 27.7 Å². The van der Waals surface area contributed by atoms with Gasteiger partial charge in [-0.25, -0.2) is 0 Å². The molecule has 0 unspecified atom stereocenters. The highest BCUT2D eigenvalue weighted by Gasteiger charge is 2.23. The van der Waals surface area contributed by atoms with Gasteiger partial charge in [0.25, 0.3) is 5.91 Å². The molecule has 0 aromatic carbocycles. The summed E-state index contributed by atoms with van der Waals surface area (Å²) >= 11 is 0. The molecule has 0 spiro atoms. The zero-order chi connectivity index (χ0) is 12.5. The van der Waals surface area contributed by atoms with Crippen molar-refractivity contribution in [1.82, 2.24) is 14.9 Å². The number of nitrogens with zero attached hydrogens (tertiary/aromatic N) is 2. The Morgan fingerprint density at radius 2 is 2.17 bits per heavy atom. The number of nitrogens with one attached hydrogen (secondary N) is 1. The second-order valence-corrected chi connectivity index (χ2v) is 5.94. The summed E-state index contributed by atoms with van der Waals surface area (Å²) in [5, 5.41) is 0. The molecule has 1 aliphatic heterocycles. The minimum Gasteiger partial charge on any atom is -0.359 e. The number of carbonyl (C=O) groups is 1. The van der Waals surface area contributed by atoms with Crippen LogP contribution in [0.1, 0.15) is 10.4 Å². The van der Waals surface area contributed by atoms with Crippen molar-refractivity contribution in [2.24, 2.45) is 0 Å². The van der Waals surface area contributed by atoms with E-state index in [0.29, 0.717) is 35.7 Å². The molecular formula is C12H13N3O2S. The van der Waals surface area contributed by atoms with Gasteiger partial charge in [-0.1, -0.05) is 0 Å². The molecule has 0 radical (unpaired) electrons. The molecule has 2 aromatic rings. The predicted octanol–water partition coefficient (Wildman–Crippen LogP) is 0.767. The van der Waals surface area contributed by atoms with Gasteiger partial charge in [0, 0.05) is 47.8 Å². The molecule has 94 valence electrons. The Hall–Kier alpha value is -1.69. The van der Waals surface area contributed by atoms with Gasteiger partial charge in [0.2, 0.25) is 0 Å². The molecule has 18 heavy (non-hydrogen) atoms. The summed E-state index contributed by atoms with van der Waals surface area (Å²) in [6.07, 6.45) is 3.38. The van der Waals surface area contributed by atoms with Crippen LogP contribution < -0.4 is 0 Å². The van der Waals surface area contributed by atoms with Crippen LogP contribution in [0.4, 0.5) is 0 Å². The molecule has 1 fully saturated rings. The number of rotatable bonds is 1. The zero-order valence-electron chi connectivity index (χ0n) is 9.76. The number of H-pyrrole nitrogens is 1. The monoisotopic (exact) mass is 263 g/mol. The molecule has 0 aliphatic carbocycles. The maximum Gasteiger partial charge on any atom is 0.257 e. The van der Waals surface area contributed by atoms with Crippen molar-refractivity contribution in [2.45, 2.75) is 0 Å². The maximum absolute atomic E-state index is 12.3. The zero-order valence-corrected chi connectivity index (χ0v) is 10.6. The second-order valence-electron chi connectivity index (χ2n) is 4.24. The molecule has 1 saturated heterocycles. The van der Waals surface area contributed by atoms with Gasteiger partial charge in [0.05, 0.1) is 11.1 Å². The van der Waals surface area contributed by atoms with Crippen molar-refractivity contribution in [1.29, 1.82) is 0 Å². The molecule has 3 rings (SSSR count). The van der Waals surface area contributed by atoms with Gasteiger partial charge < -0.3 is 9.88 Å². The highest BCUT2D eigenvalue weighted by molar-refractivity contribution is 7.85. The molecule has 2 aromatic heterocycles. The lowest BCUT2D eigenvalue weighted by atomic mass is 10.2. The van der Waals surface area contributed by atoms with Crippen LogP contribution in [-0.2, 0) is 10.8 Å². The highest BCUT2D eigenvalue weighted by atomic mass is 32.2. The van der Waals surface area contributed by atoms with Gasteiger partial charge in [-0.3, -0.25) is 14.0 Å². The second kappa shape index (κ2) is 4.53. The SMILES string of the molecule is O=C(c1c[nH]c2cccnc12)N1CCS(=O)CC1. The normalized spacial score (nSPS) is 17.2. The first-order valence-electron chi connectivity index (χ1n) is 5.82. The Labute approximate surface area is 107 Å². The standard InChI is InChI=1S/C12H13N3O2S/c16-12(15-4-6-18(17)7-5-15)9-8-14-10-2-1-3-13-11(9)10/h1-3,8,14H,4-7H2. The Kier molecular flexibility index (Phi) is 2.87. The fraction of sp³-hybridized carbons (Fsp3) is 0.333. The Bertz CT molecular complexity index is 613. The van der Waals surface area contributed by atoms with Gasteiger partial charge >= 0.3 is 0 Å². The highest BCUT2D eigenvalue weighted by Crippen LogP contribution is 2.17. The molecule has 5 nitrogen and oxygen atoms in total. The lowest BCUT2D eigenvalue weighted by Crippen LogP contribution is -2.41. The van der Waals surface area contributed by atoms with E-state index in [1.54, 1.807) is 17.3 Å². The quantitative estimate of drug-likeness (QED) is 0.826. The summed E-state index contributed by atoms with van der Waals surface area (Å²) in [6, 6.07) is 3.72. The summed E-state index contributed by atoms with van der Waals surface area (Å²) in [7, 11) is -0.769. The number of fused-ring (bicyclic) bond motifs is 1. The molecule has 0 bridgehead atoms. The van der Waals surface area contributed by atoms with Crippen molar-refractivity contribution in [3.05, 3.63) is 30.1 Å². The molecule has 3 heterocycles. The first kappa shape index (κ1) is 11.4. The van der Waals surface area contributed by atoms with E-state index < -0.39 is 10.8 Å². The Morgan fingerprint density at radius 1 is 1.39 bits per heavy atom. The van der Waals surface area contributed by atoms with Gasteiger partial charge in [-0.15, -0.1) is 0 Å². The summed E-state index contributed by atoms with van der Waals surface area (Å²) in [5.74, 6) is 1.11.